The first-order valence-electron chi connectivity index (χ1n) is 9.09. The molecule has 1 heterocycles. The minimum Gasteiger partial charge on any atom is -0.497 e. The lowest BCUT2D eigenvalue weighted by Gasteiger charge is -2.13. The second-order valence-corrected chi connectivity index (χ2v) is 6.65. The molecule has 0 spiro atoms. The van der Waals surface area contributed by atoms with Gasteiger partial charge in [0.15, 0.2) is 17.3 Å². The Balaban J connectivity index is 2.05. The Labute approximate surface area is 170 Å². The summed E-state index contributed by atoms with van der Waals surface area (Å²) >= 11 is 0. The van der Waals surface area contributed by atoms with Crippen molar-refractivity contribution in [2.24, 2.45) is 7.05 Å². The number of rotatable bonds is 7. The molecule has 6 heteroatoms. The Hall–Kier alpha value is -3.41. The van der Waals surface area contributed by atoms with Crippen molar-refractivity contribution >= 4 is 22.8 Å². The fourth-order valence-corrected chi connectivity index (χ4v) is 3.38. The molecular weight excluding hydrogens is 370 g/mol. The van der Waals surface area contributed by atoms with E-state index in [0.29, 0.717) is 28.4 Å². The molecule has 0 aliphatic carbocycles. The van der Waals surface area contributed by atoms with Crippen LogP contribution >= 0.6 is 0 Å². The summed E-state index contributed by atoms with van der Waals surface area (Å²) in [5, 5.41) is 1.02. The van der Waals surface area contributed by atoms with Gasteiger partial charge in [-0.25, -0.2) is 0 Å². The first-order valence-corrected chi connectivity index (χ1v) is 9.09. The molecule has 0 saturated carbocycles. The molecular formula is C23H25NO5. The summed E-state index contributed by atoms with van der Waals surface area (Å²) in [4.78, 5) is 13.1. The number of methoxy groups -OCH3 is 4. The maximum atomic E-state index is 13.1. The van der Waals surface area contributed by atoms with Crippen molar-refractivity contribution in [1.29, 1.82) is 0 Å². The lowest BCUT2D eigenvalue weighted by molar-refractivity contribution is 0.103. The number of ketones is 1. The fourth-order valence-electron chi connectivity index (χ4n) is 3.38. The Kier molecular flexibility index (Phi) is 5.82. The van der Waals surface area contributed by atoms with Crippen LogP contribution < -0.4 is 18.9 Å². The highest BCUT2D eigenvalue weighted by molar-refractivity contribution is 6.12. The first kappa shape index (κ1) is 20.3. The summed E-state index contributed by atoms with van der Waals surface area (Å²) in [5.74, 6) is 1.99. The molecule has 3 aromatic rings. The van der Waals surface area contributed by atoms with Crippen LogP contribution in [0.2, 0.25) is 0 Å². The SMILES string of the molecule is COc1ccc2c(c1)c(/C=C(\C)C(=O)c1cc(OC)c(OC)c(OC)c1)cn2C. The van der Waals surface area contributed by atoms with E-state index in [2.05, 4.69) is 0 Å². The van der Waals surface area contributed by atoms with Gasteiger partial charge >= 0.3 is 0 Å². The van der Waals surface area contributed by atoms with E-state index in [-0.39, 0.29) is 5.78 Å². The molecule has 0 atom stereocenters. The molecule has 6 nitrogen and oxygen atoms in total. The third-order valence-electron chi connectivity index (χ3n) is 4.88. The van der Waals surface area contributed by atoms with Crippen LogP contribution in [0.3, 0.4) is 0 Å². The van der Waals surface area contributed by atoms with Gasteiger partial charge in [-0.3, -0.25) is 4.79 Å². The Morgan fingerprint density at radius 1 is 0.931 bits per heavy atom. The van der Waals surface area contributed by atoms with Crippen LogP contribution in [-0.4, -0.2) is 38.8 Å². The molecule has 0 saturated heterocycles. The zero-order valence-corrected chi connectivity index (χ0v) is 17.5. The number of Topliss-reactive ketones (excluding diaryl/α,β-unsaturated/α-hetero) is 1. The molecule has 2 aromatic carbocycles. The number of aromatic nitrogens is 1. The number of carbonyl (C=O) groups excluding carboxylic acids is 1. The highest BCUT2D eigenvalue weighted by atomic mass is 16.5. The zero-order chi connectivity index (χ0) is 21.1. The number of nitrogens with zero attached hydrogens (tertiary/aromatic N) is 1. The monoisotopic (exact) mass is 395 g/mol. The first-order chi connectivity index (χ1) is 13.9. The maximum absolute atomic E-state index is 13.1. The molecule has 0 fully saturated rings. The number of hydrogen-bond acceptors (Lipinski definition) is 5. The summed E-state index contributed by atoms with van der Waals surface area (Å²) in [7, 11) is 8.19. The predicted molar refractivity (Wildman–Crippen MR) is 114 cm³/mol. The highest BCUT2D eigenvalue weighted by Gasteiger charge is 2.18. The molecule has 3 rings (SSSR count). The minimum absolute atomic E-state index is 0.121. The van der Waals surface area contributed by atoms with Crippen molar-refractivity contribution in [3.05, 3.63) is 53.2 Å². The van der Waals surface area contributed by atoms with Crippen molar-refractivity contribution in [1.82, 2.24) is 4.57 Å². The van der Waals surface area contributed by atoms with Gasteiger partial charge in [0.2, 0.25) is 5.75 Å². The topological polar surface area (TPSA) is 58.9 Å². The van der Waals surface area contributed by atoms with Gasteiger partial charge in [0.05, 0.1) is 28.4 Å². The van der Waals surface area contributed by atoms with E-state index in [4.69, 9.17) is 18.9 Å². The number of hydrogen-bond donors (Lipinski definition) is 0. The molecule has 0 unspecified atom stereocenters. The number of allylic oxidation sites excluding steroid dienone is 1. The summed E-state index contributed by atoms with van der Waals surface area (Å²) in [6.45, 7) is 1.80. The fraction of sp³-hybridized carbons (Fsp3) is 0.261. The third-order valence-corrected chi connectivity index (χ3v) is 4.88. The number of ether oxygens (including phenoxy) is 4. The van der Waals surface area contributed by atoms with Crippen molar-refractivity contribution in [3.8, 4) is 23.0 Å². The van der Waals surface area contributed by atoms with Gasteiger partial charge in [0.1, 0.15) is 5.75 Å². The van der Waals surface area contributed by atoms with Gasteiger partial charge in [-0.15, -0.1) is 0 Å². The van der Waals surface area contributed by atoms with E-state index in [9.17, 15) is 4.79 Å². The quantitative estimate of drug-likeness (QED) is 0.435. The normalized spacial score (nSPS) is 11.4. The van der Waals surface area contributed by atoms with E-state index in [0.717, 1.165) is 22.2 Å². The van der Waals surface area contributed by atoms with Crippen molar-refractivity contribution in [3.63, 3.8) is 0 Å². The largest absolute Gasteiger partial charge is 0.497 e. The molecule has 0 bridgehead atoms. The molecule has 152 valence electrons. The lowest BCUT2D eigenvalue weighted by Crippen LogP contribution is -2.04. The van der Waals surface area contributed by atoms with Crippen LogP contribution in [0.1, 0.15) is 22.8 Å². The summed E-state index contributed by atoms with van der Waals surface area (Å²) in [6, 6.07) is 9.21. The van der Waals surface area contributed by atoms with Gasteiger partial charge in [-0.1, -0.05) is 0 Å². The van der Waals surface area contributed by atoms with Crippen LogP contribution in [0.15, 0.2) is 42.1 Å². The van der Waals surface area contributed by atoms with Crippen molar-refractivity contribution in [2.45, 2.75) is 6.92 Å². The number of fused-ring (bicyclic) bond motifs is 1. The summed E-state index contributed by atoms with van der Waals surface area (Å²) in [6.07, 6.45) is 3.88. The third kappa shape index (κ3) is 3.78. The van der Waals surface area contributed by atoms with Crippen LogP contribution in [0, 0.1) is 0 Å². The van der Waals surface area contributed by atoms with Crippen LogP contribution in [0.5, 0.6) is 23.0 Å². The Morgan fingerprint density at radius 3 is 2.14 bits per heavy atom. The molecule has 0 radical (unpaired) electrons. The standard InChI is InChI=1S/C23H25NO5/c1-14(9-16-13-24(2)19-8-7-17(26-3)12-18(16)19)22(25)15-10-20(27-4)23(29-6)21(11-15)28-5/h7-13H,1-6H3/b14-9+. The van der Waals surface area contributed by atoms with Crippen LogP contribution in [0.4, 0.5) is 0 Å². The zero-order valence-electron chi connectivity index (χ0n) is 17.5. The van der Waals surface area contributed by atoms with Gasteiger partial charge in [-0.2, -0.15) is 0 Å². The number of benzene rings is 2. The van der Waals surface area contributed by atoms with E-state index in [1.54, 1.807) is 26.2 Å². The smallest absolute Gasteiger partial charge is 0.203 e. The molecule has 29 heavy (non-hydrogen) atoms. The Morgan fingerprint density at radius 2 is 1.59 bits per heavy atom. The molecule has 0 aliphatic rings. The summed E-state index contributed by atoms with van der Waals surface area (Å²) < 4.78 is 23.4. The maximum Gasteiger partial charge on any atom is 0.203 e. The Bertz CT molecular complexity index is 1070. The second kappa shape index (κ2) is 8.31. The van der Waals surface area contributed by atoms with E-state index < -0.39 is 0 Å². The molecule has 0 N–H and O–H groups in total. The molecule has 0 amide bonds. The number of carbonyl (C=O) groups is 1. The molecule has 1 aromatic heterocycles. The van der Waals surface area contributed by atoms with E-state index in [1.807, 2.05) is 42.1 Å². The van der Waals surface area contributed by atoms with Gasteiger partial charge < -0.3 is 23.5 Å². The van der Waals surface area contributed by atoms with Gasteiger partial charge in [-0.05, 0) is 48.9 Å². The van der Waals surface area contributed by atoms with E-state index in [1.165, 1.54) is 21.3 Å². The van der Waals surface area contributed by atoms with Crippen molar-refractivity contribution in [2.75, 3.05) is 28.4 Å². The average molecular weight is 395 g/mol. The molecule has 0 aliphatic heterocycles. The average Bonchev–Trinajstić information content (AvgIpc) is 3.06. The second-order valence-electron chi connectivity index (χ2n) is 6.65. The van der Waals surface area contributed by atoms with Crippen LogP contribution in [-0.2, 0) is 7.05 Å². The van der Waals surface area contributed by atoms with Crippen molar-refractivity contribution < 1.29 is 23.7 Å². The van der Waals surface area contributed by atoms with Gasteiger partial charge in [0, 0.05) is 35.3 Å². The summed E-state index contributed by atoms with van der Waals surface area (Å²) in [5.41, 5.74) is 3.06. The van der Waals surface area contributed by atoms with Gasteiger partial charge in [0.25, 0.3) is 0 Å². The van der Waals surface area contributed by atoms with E-state index >= 15 is 0 Å². The minimum atomic E-state index is -0.121. The number of aryl methyl sites for hydroxylation is 1. The highest BCUT2D eigenvalue weighted by Crippen LogP contribution is 2.39. The lowest BCUT2D eigenvalue weighted by atomic mass is 10.0. The predicted octanol–water partition coefficient (Wildman–Crippen LogP) is 4.50. The van der Waals surface area contributed by atoms with Crippen LogP contribution in [0.25, 0.3) is 17.0 Å².